The molecule has 0 radical (unpaired) electrons. The number of halogens is 1. The van der Waals surface area contributed by atoms with Crippen LogP contribution in [-0.2, 0) is 0 Å². The molecule has 1 saturated heterocycles. The number of hydrogen-bond acceptors (Lipinski definition) is 4. The summed E-state index contributed by atoms with van der Waals surface area (Å²) in [4.78, 5) is 25.6. The predicted molar refractivity (Wildman–Crippen MR) is 113 cm³/mol. The second-order valence-electron chi connectivity index (χ2n) is 7.04. The van der Waals surface area contributed by atoms with Crippen molar-refractivity contribution in [2.24, 2.45) is 0 Å². The second kappa shape index (κ2) is 7.64. The minimum absolute atomic E-state index is 0.108. The topological polar surface area (TPSA) is 61.4 Å². The summed E-state index contributed by atoms with van der Waals surface area (Å²) in [5.74, 6) is 0.930. The minimum Gasteiger partial charge on any atom is -0.352 e. The third-order valence-electron chi connectivity index (χ3n) is 5.14. The van der Waals surface area contributed by atoms with Gasteiger partial charge >= 0.3 is 6.03 Å². The van der Waals surface area contributed by atoms with Crippen LogP contribution in [0.3, 0.4) is 0 Å². The van der Waals surface area contributed by atoms with Crippen LogP contribution in [0, 0.1) is 13.8 Å². The Labute approximate surface area is 169 Å². The van der Waals surface area contributed by atoms with E-state index in [1.54, 1.807) is 12.4 Å². The molecule has 2 amide bonds. The van der Waals surface area contributed by atoms with E-state index < -0.39 is 0 Å². The van der Waals surface area contributed by atoms with Crippen molar-refractivity contribution in [2.75, 3.05) is 36.4 Å². The Balaban J connectivity index is 1.44. The molecule has 6 nitrogen and oxygen atoms in total. The Morgan fingerprint density at radius 1 is 1.04 bits per heavy atom. The Morgan fingerprint density at radius 2 is 1.82 bits per heavy atom. The molecule has 0 atom stereocenters. The van der Waals surface area contributed by atoms with Crippen molar-refractivity contribution in [3.63, 3.8) is 0 Å². The van der Waals surface area contributed by atoms with Gasteiger partial charge in [0.15, 0.2) is 0 Å². The lowest BCUT2D eigenvalue weighted by molar-refractivity contribution is 0.208. The van der Waals surface area contributed by atoms with Gasteiger partial charge in [0.25, 0.3) is 0 Å². The van der Waals surface area contributed by atoms with Gasteiger partial charge in [-0.2, -0.15) is 0 Å². The summed E-state index contributed by atoms with van der Waals surface area (Å²) in [5.41, 5.74) is 3.81. The molecule has 1 N–H and O–H groups in total. The normalized spacial score (nSPS) is 14.4. The van der Waals surface area contributed by atoms with Crippen LogP contribution in [-0.4, -0.2) is 47.1 Å². The average molecular weight is 396 g/mol. The maximum absolute atomic E-state index is 12.6. The number of urea groups is 1. The molecular formula is C21H22ClN5O. The summed E-state index contributed by atoms with van der Waals surface area (Å²) in [5, 5.41) is 4.63. The standard InChI is InChI=1S/C21H22ClN5O/c1-14-6-7-16(12-18(14)22)25-21(28)27-10-8-26(9-11-27)20-17-5-3-4-15(2)19(17)23-13-24-20/h3-7,12-13H,8-11H2,1-2H3,(H,25,28). The van der Waals surface area contributed by atoms with Crippen LogP contribution in [0.25, 0.3) is 10.9 Å². The van der Waals surface area contributed by atoms with Crippen molar-refractivity contribution in [1.82, 2.24) is 14.9 Å². The molecule has 1 aromatic heterocycles. The van der Waals surface area contributed by atoms with Gasteiger partial charge in [-0.15, -0.1) is 0 Å². The van der Waals surface area contributed by atoms with Crippen molar-refractivity contribution in [3.05, 3.63) is 58.9 Å². The number of aromatic nitrogens is 2. The Bertz CT molecular complexity index is 1030. The number of anilines is 2. The molecule has 1 aliphatic rings. The minimum atomic E-state index is -0.108. The number of fused-ring (bicyclic) bond motifs is 1. The summed E-state index contributed by atoms with van der Waals surface area (Å²) < 4.78 is 0. The van der Waals surface area contributed by atoms with Gasteiger partial charge in [-0.25, -0.2) is 14.8 Å². The number of hydrogen-bond donors (Lipinski definition) is 1. The number of piperazine rings is 1. The predicted octanol–water partition coefficient (Wildman–Crippen LogP) is 4.25. The van der Waals surface area contributed by atoms with Gasteiger partial charge in [0.2, 0.25) is 0 Å². The molecule has 0 bridgehead atoms. The fourth-order valence-corrected chi connectivity index (χ4v) is 3.65. The monoisotopic (exact) mass is 395 g/mol. The summed E-state index contributed by atoms with van der Waals surface area (Å²) in [6.07, 6.45) is 1.62. The zero-order valence-electron chi connectivity index (χ0n) is 15.9. The first-order valence-corrected chi connectivity index (χ1v) is 9.68. The van der Waals surface area contributed by atoms with Crippen LogP contribution in [0.5, 0.6) is 0 Å². The van der Waals surface area contributed by atoms with Crippen molar-refractivity contribution < 1.29 is 4.79 Å². The van der Waals surface area contributed by atoms with Crippen molar-refractivity contribution in [3.8, 4) is 0 Å². The van der Waals surface area contributed by atoms with E-state index in [1.807, 2.05) is 30.0 Å². The third kappa shape index (κ3) is 3.60. The molecule has 0 unspecified atom stereocenters. The number of aryl methyl sites for hydroxylation is 2. The second-order valence-corrected chi connectivity index (χ2v) is 7.44. The smallest absolute Gasteiger partial charge is 0.321 e. The molecule has 1 fully saturated rings. The third-order valence-corrected chi connectivity index (χ3v) is 5.54. The molecule has 0 saturated carbocycles. The molecular weight excluding hydrogens is 374 g/mol. The fraction of sp³-hybridized carbons (Fsp3) is 0.286. The largest absolute Gasteiger partial charge is 0.352 e. The van der Waals surface area contributed by atoms with Gasteiger partial charge in [0.05, 0.1) is 5.52 Å². The molecule has 3 aromatic rings. The van der Waals surface area contributed by atoms with Gasteiger partial charge in [-0.3, -0.25) is 0 Å². The highest BCUT2D eigenvalue weighted by Crippen LogP contribution is 2.26. The van der Waals surface area contributed by atoms with E-state index in [2.05, 4.69) is 39.2 Å². The van der Waals surface area contributed by atoms with E-state index in [0.29, 0.717) is 23.8 Å². The molecule has 0 spiro atoms. The number of nitrogens with one attached hydrogen (secondary N) is 1. The Morgan fingerprint density at radius 3 is 2.57 bits per heavy atom. The average Bonchev–Trinajstić information content (AvgIpc) is 2.71. The molecule has 2 aromatic carbocycles. The Kier molecular flexibility index (Phi) is 5.05. The summed E-state index contributed by atoms with van der Waals surface area (Å²) >= 11 is 6.15. The van der Waals surface area contributed by atoms with Crippen molar-refractivity contribution in [1.29, 1.82) is 0 Å². The summed E-state index contributed by atoms with van der Waals surface area (Å²) in [7, 11) is 0. The van der Waals surface area contributed by atoms with Crippen LogP contribution in [0.4, 0.5) is 16.3 Å². The van der Waals surface area contributed by atoms with Gasteiger partial charge in [-0.1, -0.05) is 29.8 Å². The molecule has 1 aliphatic heterocycles. The number of amides is 2. The van der Waals surface area contributed by atoms with Gasteiger partial charge in [0.1, 0.15) is 12.1 Å². The van der Waals surface area contributed by atoms with Crippen LogP contribution < -0.4 is 10.2 Å². The van der Waals surface area contributed by atoms with E-state index in [0.717, 1.165) is 40.9 Å². The zero-order valence-corrected chi connectivity index (χ0v) is 16.7. The number of benzene rings is 2. The summed E-state index contributed by atoms with van der Waals surface area (Å²) in [6.45, 7) is 6.69. The van der Waals surface area contributed by atoms with E-state index >= 15 is 0 Å². The maximum atomic E-state index is 12.6. The van der Waals surface area contributed by atoms with E-state index in [1.165, 1.54) is 0 Å². The van der Waals surface area contributed by atoms with E-state index in [9.17, 15) is 4.79 Å². The molecule has 2 heterocycles. The summed E-state index contributed by atoms with van der Waals surface area (Å²) in [6, 6.07) is 11.6. The molecule has 0 aliphatic carbocycles. The van der Waals surface area contributed by atoms with Crippen molar-refractivity contribution >= 4 is 40.0 Å². The maximum Gasteiger partial charge on any atom is 0.321 e. The highest BCUT2D eigenvalue weighted by molar-refractivity contribution is 6.31. The first-order chi connectivity index (χ1) is 13.5. The van der Waals surface area contributed by atoms with E-state index in [-0.39, 0.29) is 6.03 Å². The highest BCUT2D eigenvalue weighted by atomic mass is 35.5. The van der Waals surface area contributed by atoms with Crippen LogP contribution in [0.15, 0.2) is 42.7 Å². The SMILES string of the molecule is Cc1ccc(NC(=O)N2CCN(c3ncnc4c(C)cccc34)CC2)cc1Cl. The van der Waals surface area contributed by atoms with Gasteiger partial charge in [-0.05, 0) is 43.2 Å². The fourth-order valence-electron chi connectivity index (χ4n) is 3.47. The first-order valence-electron chi connectivity index (χ1n) is 9.30. The molecule has 7 heteroatoms. The Hall–Kier alpha value is -2.86. The zero-order chi connectivity index (χ0) is 19.7. The lowest BCUT2D eigenvalue weighted by atomic mass is 10.1. The lowest BCUT2D eigenvalue weighted by Gasteiger charge is -2.35. The van der Waals surface area contributed by atoms with E-state index in [4.69, 9.17) is 11.6 Å². The quantitative estimate of drug-likeness (QED) is 0.704. The highest BCUT2D eigenvalue weighted by Gasteiger charge is 2.23. The van der Waals surface area contributed by atoms with Gasteiger partial charge < -0.3 is 15.1 Å². The lowest BCUT2D eigenvalue weighted by Crippen LogP contribution is -2.50. The molecule has 4 rings (SSSR count). The van der Waals surface area contributed by atoms with Crippen LogP contribution in [0.2, 0.25) is 5.02 Å². The van der Waals surface area contributed by atoms with Gasteiger partial charge in [0, 0.05) is 42.3 Å². The first kappa shape index (κ1) is 18.5. The molecule has 28 heavy (non-hydrogen) atoms. The van der Waals surface area contributed by atoms with Crippen LogP contribution in [0.1, 0.15) is 11.1 Å². The molecule has 144 valence electrons. The number of nitrogens with zero attached hydrogens (tertiary/aromatic N) is 4. The number of rotatable bonds is 2. The number of carbonyl (C=O) groups is 1. The van der Waals surface area contributed by atoms with Crippen LogP contribution >= 0.6 is 11.6 Å². The number of carbonyl (C=O) groups excluding carboxylic acids is 1. The number of para-hydroxylation sites is 1. The van der Waals surface area contributed by atoms with Crippen molar-refractivity contribution in [2.45, 2.75) is 13.8 Å².